The molecule has 0 saturated carbocycles. The summed E-state index contributed by atoms with van der Waals surface area (Å²) < 4.78 is 11.2. The number of aliphatic hydroxyl groups is 1. The van der Waals surface area contributed by atoms with Crippen LogP contribution in [0.3, 0.4) is 0 Å². The van der Waals surface area contributed by atoms with E-state index in [1.807, 2.05) is 6.07 Å². The van der Waals surface area contributed by atoms with Crippen molar-refractivity contribution in [3.05, 3.63) is 29.8 Å². The highest BCUT2D eigenvalue weighted by atomic mass is 16.5. The third-order valence-electron chi connectivity index (χ3n) is 2.98. The third kappa shape index (κ3) is 3.94. The van der Waals surface area contributed by atoms with E-state index < -0.39 is 0 Å². The standard InChI is InChI=1S/C14H19NO4/c16-8-7-15-14(17)12-5-1-2-6-13(12)19-10-11-4-3-9-18-11/h1-2,5-6,11,16H,3-4,7-10H2,(H,15,17). The fraction of sp³-hybridized carbons (Fsp3) is 0.500. The Kier molecular flexibility index (Phi) is 5.18. The van der Waals surface area contributed by atoms with Gasteiger partial charge in [0.05, 0.1) is 18.3 Å². The van der Waals surface area contributed by atoms with Gasteiger partial charge in [0.15, 0.2) is 0 Å². The molecule has 0 bridgehead atoms. The lowest BCUT2D eigenvalue weighted by atomic mass is 10.2. The molecule has 1 fully saturated rings. The van der Waals surface area contributed by atoms with E-state index in [1.165, 1.54) is 0 Å². The van der Waals surface area contributed by atoms with E-state index in [1.54, 1.807) is 18.2 Å². The van der Waals surface area contributed by atoms with Crippen LogP contribution in [-0.4, -0.2) is 43.5 Å². The van der Waals surface area contributed by atoms with Gasteiger partial charge >= 0.3 is 0 Å². The smallest absolute Gasteiger partial charge is 0.255 e. The Morgan fingerprint density at radius 1 is 1.47 bits per heavy atom. The molecule has 0 radical (unpaired) electrons. The summed E-state index contributed by atoms with van der Waals surface area (Å²) in [4.78, 5) is 11.9. The highest BCUT2D eigenvalue weighted by Crippen LogP contribution is 2.20. The number of hydrogen-bond donors (Lipinski definition) is 2. The quantitative estimate of drug-likeness (QED) is 0.804. The number of ether oxygens (including phenoxy) is 2. The van der Waals surface area contributed by atoms with Gasteiger partial charge in [-0.25, -0.2) is 0 Å². The van der Waals surface area contributed by atoms with Crippen molar-refractivity contribution in [2.45, 2.75) is 18.9 Å². The number of hydrogen-bond acceptors (Lipinski definition) is 4. The highest BCUT2D eigenvalue weighted by molar-refractivity contribution is 5.96. The van der Waals surface area contributed by atoms with Gasteiger partial charge in [-0.2, -0.15) is 0 Å². The molecule has 0 spiro atoms. The van der Waals surface area contributed by atoms with Gasteiger partial charge in [0.1, 0.15) is 12.4 Å². The van der Waals surface area contributed by atoms with E-state index in [-0.39, 0.29) is 25.2 Å². The van der Waals surface area contributed by atoms with Gasteiger partial charge in [-0.15, -0.1) is 0 Å². The van der Waals surface area contributed by atoms with Crippen LogP contribution in [0.15, 0.2) is 24.3 Å². The van der Waals surface area contributed by atoms with E-state index in [0.29, 0.717) is 17.9 Å². The van der Waals surface area contributed by atoms with Crippen molar-refractivity contribution in [1.29, 1.82) is 0 Å². The maximum absolute atomic E-state index is 11.9. The van der Waals surface area contributed by atoms with Crippen molar-refractivity contribution in [1.82, 2.24) is 5.32 Å². The minimum atomic E-state index is -0.239. The van der Waals surface area contributed by atoms with Crippen molar-refractivity contribution in [3.63, 3.8) is 0 Å². The molecule has 1 atom stereocenters. The Balaban J connectivity index is 1.96. The summed E-state index contributed by atoms with van der Waals surface area (Å²) in [5.74, 6) is 0.311. The van der Waals surface area contributed by atoms with Crippen molar-refractivity contribution in [3.8, 4) is 5.75 Å². The molecule has 5 heteroatoms. The SMILES string of the molecule is O=C(NCCO)c1ccccc1OCC1CCCO1. The predicted molar refractivity (Wildman–Crippen MR) is 70.3 cm³/mol. The predicted octanol–water partition coefficient (Wildman–Crippen LogP) is 0.966. The molecule has 0 aromatic heterocycles. The van der Waals surface area contributed by atoms with Crippen molar-refractivity contribution < 1.29 is 19.4 Å². The Hall–Kier alpha value is -1.59. The minimum absolute atomic E-state index is 0.0787. The monoisotopic (exact) mass is 265 g/mol. The Morgan fingerprint density at radius 2 is 2.32 bits per heavy atom. The van der Waals surface area contributed by atoms with E-state index in [9.17, 15) is 4.79 Å². The number of carbonyl (C=O) groups excluding carboxylic acids is 1. The van der Waals surface area contributed by atoms with Gasteiger partial charge in [0.25, 0.3) is 5.91 Å². The van der Waals surface area contributed by atoms with Gasteiger partial charge in [-0.1, -0.05) is 12.1 Å². The fourth-order valence-corrected chi connectivity index (χ4v) is 2.00. The Morgan fingerprint density at radius 3 is 3.05 bits per heavy atom. The lowest BCUT2D eigenvalue weighted by Gasteiger charge is -2.14. The first-order valence-corrected chi connectivity index (χ1v) is 6.53. The topological polar surface area (TPSA) is 67.8 Å². The van der Waals surface area contributed by atoms with Crippen LogP contribution < -0.4 is 10.1 Å². The molecule has 2 N–H and O–H groups in total. The van der Waals surface area contributed by atoms with Gasteiger partial charge < -0.3 is 19.9 Å². The third-order valence-corrected chi connectivity index (χ3v) is 2.98. The van der Waals surface area contributed by atoms with E-state index in [2.05, 4.69) is 5.32 Å². The average Bonchev–Trinajstić information content (AvgIpc) is 2.96. The summed E-state index contributed by atoms with van der Waals surface area (Å²) >= 11 is 0. The van der Waals surface area contributed by atoms with Crippen molar-refractivity contribution in [2.75, 3.05) is 26.4 Å². The van der Waals surface area contributed by atoms with E-state index in [0.717, 1.165) is 19.4 Å². The Labute approximate surface area is 112 Å². The van der Waals surface area contributed by atoms with Crippen LogP contribution in [0.25, 0.3) is 0 Å². The lowest BCUT2D eigenvalue weighted by molar-refractivity contribution is 0.0670. The molecular weight excluding hydrogens is 246 g/mol. The fourth-order valence-electron chi connectivity index (χ4n) is 2.00. The van der Waals surface area contributed by atoms with Gasteiger partial charge in [0, 0.05) is 13.2 Å². The molecule has 19 heavy (non-hydrogen) atoms. The Bertz CT molecular complexity index is 416. The average molecular weight is 265 g/mol. The summed E-state index contributed by atoms with van der Waals surface area (Å²) in [5.41, 5.74) is 0.481. The van der Waals surface area contributed by atoms with Crippen molar-refractivity contribution >= 4 is 5.91 Å². The first kappa shape index (κ1) is 13.8. The normalized spacial score (nSPS) is 18.3. The zero-order chi connectivity index (χ0) is 13.5. The van der Waals surface area contributed by atoms with Crippen LogP contribution in [0, 0.1) is 0 Å². The van der Waals surface area contributed by atoms with Crippen LogP contribution in [0.4, 0.5) is 0 Å². The van der Waals surface area contributed by atoms with Crippen LogP contribution in [0.1, 0.15) is 23.2 Å². The first-order chi connectivity index (χ1) is 9.31. The summed E-state index contributed by atoms with van der Waals surface area (Å²) in [6, 6.07) is 7.08. The summed E-state index contributed by atoms with van der Waals surface area (Å²) in [5, 5.41) is 11.3. The molecule has 104 valence electrons. The summed E-state index contributed by atoms with van der Waals surface area (Å²) in [6.45, 7) is 1.40. The van der Waals surface area contributed by atoms with Crippen LogP contribution in [-0.2, 0) is 4.74 Å². The molecule has 1 amide bonds. The zero-order valence-electron chi connectivity index (χ0n) is 10.8. The second-order valence-corrected chi connectivity index (χ2v) is 4.42. The highest BCUT2D eigenvalue weighted by Gasteiger charge is 2.18. The number of rotatable bonds is 6. The van der Waals surface area contributed by atoms with Crippen molar-refractivity contribution in [2.24, 2.45) is 0 Å². The van der Waals surface area contributed by atoms with Gasteiger partial charge in [-0.05, 0) is 25.0 Å². The molecule has 2 rings (SSSR count). The summed E-state index contributed by atoms with van der Waals surface area (Å²) in [6.07, 6.45) is 2.18. The molecule has 1 saturated heterocycles. The molecule has 1 aromatic rings. The number of carbonyl (C=O) groups is 1. The minimum Gasteiger partial charge on any atom is -0.490 e. The number of amides is 1. The van der Waals surface area contributed by atoms with Gasteiger partial charge in [-0.3, -0.25) is 4.79 Å². The molecule has 0 aliphatic carbocycles. The molecule has 1 aromatic carbocycles. The van der Waals surface area contributed by atoms with E-state index >= 15 is 0 Å². The van der Waals surface area contributed by atoms with Crippen LogP contribution in [0.2, 0.25) is 0 Å². The molecule has 1 aliphatic heterocycles. The van der Waals surface area contributed by atoms with Crippen LogP contribution in [0.5, 0.6) is 5.75 Å². The number of para-hydroxylation sites is 1. The summed E-state index contributed by atoms with van der Waals surface area (Å²) in [7, 11) is 0. The second-order valence-electron chi connectivity index (χ2n) is 4.42. The van der Waals surface area contributed by atoms with Crippen LogP contribution >= 0.6 is 0 Å². The molecule has 1 unspecified atom stereocenters. The number of aliphatic hydroxyl groups excluding tert-OH is 1. The maximum Gasteiger partial charge on any atom is 0.255 e. The van der Waals surface area contributed by atoms with E-state index in [4.69, 9.17) is 14.6 Å². The number of nitrogens with one attached hydrogen (secondary N) is 1. The number of benzene rings is 1. The molecular formula is C14H19NO4. The molecule has 1 heterocycles. The molecule has 1 aliphatic rings. The first-order valence-electron chi connectivity index (χ1n) is 6.53. The largest absolute Gasteiger partial charge is 0.490 e. The zero-order valence-corrected chi connectivity index (χ0v) is 10.8. The second kappa shape index (κ2) is 7.11. The van der Waals surface area contributed by atoms with Gasteiger partial charge in [0.2, 0.25) is 0 Å². The lowest BCUT2D eigenvalue weighted by Crippen LogP contribution is -2.27. The molecule has 5 nitrogen and oxygen atoms in total. The maximum atomic E-state index is 11.9.